The molecule has 27 heavy (non-hydrogen) atoms. The summed E-state index contributed by atoms with van der Waals surface area (Å²) < 4.78 is 5.16. The van der Waals surface area contributed by atoms with E-state index in [0.29, 0.717) is 6.54 Å². The van der Waals surface area contributed by atoms with E-state index in [9.17, 15) is 4.79 Å². The molecule has 1 N–H and O–H groups in total. The minimum atomic E-state index is -0.224. The van der Waals surface area contributed by atoms with Gasteiger partial charge in [0.2, 0.25) is 5.91 Å². The number of nitrogens with one attached hydrogen (secondary N) is 1. The molecule has 1 aliphatic rings. The normalized spacial score (nSPS) is 14.1. The van der Waals surface area contributed by atoms with Gasteiger partial charge in [0.05, 0.1) is 12.4 Å². The lowest BCUT2D eigenvalue weighted by Crippen LogP contribution is -2.30. The van der Waals surface area contributed by atoms with Gasteiger partial charge < -0.3 is 10.1 Å². The van der Waals surface area contributed by atoms with Crippen LogP contribution in [0.1, 0.15) is 29.3 Å². The predicted octanol–water partition coefficient (Wildman–Crippen LogP) is 3.99. The third-order valence-electron chi connectivity index (χ3n) is 4.75. The fourth-order valence-electron chi connectivity index (χ4n) is 3.29. The van der Waals surface area contributed by atoms with Gasteiger partial charge >= 0.3 is 0 Å². The maximum atomic E-state index is 12.6. The fourth-order valence-corrected chi connectivity index (χ4v) is 5.55. The van der Waals surface area contributed by atoms with Crippen LogP contribution in [-0.4, -0.2) is 28.2 Å². The van der Waals surface area contributed by atoms with Crippen LogP contribution in [0.5, 0.6) is 5.75 Å². The molecule has 0 fully saturated rings. The second kappa shape index (κ2) is 7.86. The van der Waals surface area contributed by atoms with Gasteiger partial charge in [-0.2, -0.15) is 0 Å². The highest BCUT2D eigenvalue weighted by molar-refractivity contribution is 8.00. The van der Waals surface area contributed by atoms with Gasteiger partial charge in [-0.15, -0.1) is 11.3 Å². The lowest BCUT2D eigenvalue weighted by Gasteiger charge is -2.12. The van der Waals surface area contributed by atoms with Gasteiger partial charge in [0.1, 0.15) is 21.9 Å². The number of hydrogen-bond donors (Lipinski definition) is 1. The molecule has 2 aromatic heterocycles. The van der Waals surface area contributed by atoms with Gasteiger partial charge in [-0.3, -0.25) is 4.79 Å². The molecule has 140 valence electrons. The van der Waals surface area contributed by atoms with Crippen molar-refractivity contribution in [3.8, 4) is 5.75 Å². The van der Waals surface area contributed by atoms with Crippen LogP contribution in [0.4, 0.5) is 0 Å². The molecule has 0 radical (unpaired) electrons. The monoisotopic (exact) mass is 399 g/mol. The lowest BCUT2D eigenvalue weighted by molar-refractivity contribution is -0.120. The number of amides is 1. The van der Waals surface area contributed by atoms with Crippen LogP contribution in [0, 0.1) is 0 Å². The van der Waals surface area contributed by atoms with Crippen molar-refractivity contribution < 1.29 is 9.53 Å². The summed E-state index contributed by atoms with van der Waals surface area (Å²) in [7, 11) is 1.64. The Balaban J connectivity index is 1.43. The lowest BCUT2D eigenvalue weighted by atomic mass is 10.2. The molecule has 0 aliphatic heterocycles. The number of fused-ring (bicyclic) bond motifs is 3. The summed E-state index contributed by atoms with van der Waals surface area (Å²) in [5.41, 5.74) is 2.44. The molecule has 4 rings (SSSR count). The number of benzene rings is 1. The highest BCUT2D eigenvalue weighted by Crippen LogP contribution is 2.40. The largest absolute Gasteiger partial charge is 0.497 e. The molecule has 1 atom stereocenters. The van der Waals surface area contributed by atoms with E-state index in [4.69, 9.17) is 4.74 Å². The summed E-state index contributed by atoms with van der Waals surface area (Å²) in [5, 5.41) is 4.87. The van der Waals surface area contributed by atoms with E-state index in [0.717, 1.165) is 39.4 Å². The summed E-state index contributed by atoms with van der Waals surface area (Å²) in [6, 6.07) is 7.71. The van der Waals surface area contributed by atoms with Crippen molar-refractivity contribution in [3.05, 3.63) is 46.6 Å². The molecule has 0 spiro atoms. The van der Waals surface area contributed by atoms with Crippen LogP contribution in [0.15, 0.2) is 35.6 Å². The molecule has 2 heterocycles. The van der Waals surface area contributed by atoms with Crippen molar-refractivity contribution in [1.29, 1.82) is 0 Å². The number of thioether (sulfide) groups is 1. The number of hydrogen-bond acceptors (Lipinski definition) is 6. The molecule has 1 amide bonds. The van der Waals surface area contributed by atoms with Crippen molar-refractivity contribution in [2.75, 3.05) is 7.11 Å². The first-order valence-corrected chi connectivity index (χ1v) is 10.7. The SMILES string of the molecule is COc1ccc(CNC(=O)[C@@H](C)Sc2ncnc3sc4c(c23)CCC4)cc1. The summed E-state index contributed by atoms with van der Waals surface area (Å²) in [6.07, 6.45) is 5.04. The third-order valence-corrected chi connectivity index (χ3v) is 7.05. The topological polar surface area (TPSA) is 64.1 Å². The molecule has 1 aliphatic carbocycles. The highest BCUT2D eigenvalue weighted by Gasteiger charge is 2.23. The van der Waals surface area contributed by atoms with Gasteiger partial charge in [0, 0.05) is 16.8 Å². The number of nitrogens with zero attached hydrogens (tertiary/aromatic N) is 2. The van der Waals surface area contributed by atoms with E-state index in [1.165, 1.54) is 28.6 Å². The Hall–Kier alpha value is -2.12. The minimum Gasteiger partial charge on any atom is -0.497 e. The smallest absolute Gasteiger partial charge is 0.233 e. The van der Waals surface area contributed by atoms with Gasteiger partial charge in [-0.1, -0.05) is 23.9 Å². The maximum Gasteiger partial charge on any atom is 0.233 e. The molecule has 0 bridgehead atoms. The molecular weight excluding hydrogens is 378 g/mol. The van der Waals surface area contributed by atoms with Gasteiger partial charge in [0.25, 0.3) is 0 Å². The molecule has 3 aromatic rings. The number of ether oxygens (including phenoxy) is 1. The number of aromatic nitrogens is 2. The molecule has 0 unspecified atom stereocenters. The van der Waals surface area contributed by atoms with Crippen molar-refractivity contribution >= 4 is 39.2 Å². The molecule has 0 saturated heterocycles. The summed E-state index contributed by atoms with van der Waals surface area (Å²) in [5.74, 6) is 0.819. The summed E-state index contributed by atoms with van der Waals surface area (Å²) >= 11 is 3.29. The summed E-state index contributed by atoms with van der Waals surface area (Å²) in [4.78, 5) is 23.9. The average Bonchev–Trinajstić information content (AvgIpc) is 3.27. The Morgan fingerprint density at radius 2 is 2.11 bits per heavy atom. The molecule has 7 heteroatoms. The first-order valence-electron chi connectivity index (χ1n) is 8.98. The van der Waals surface area contributed by atoms with Crippen molar-refractivity contribution in [2.24, 2.45) is 0 Å². The van der Waals surface area contributed by atoms with Crippen LogP contribution in [0.3, 0.4) is 0 Å². The number of methoxy groups -OCH3 is 1. The zero-order valence-corrected chi connectivity index (χ0v) is 17.0. The Morgan fingerprint density at radius 1 is 1.30 bits per heavy atom. The van der Waals surface area contributed by atoms with E-state index in [1.54, 1.807) is 24.8 Å². The average molecular weight is 400 g/mol. The molecule has 5 nitrogen and oxygen atoms in total. The number of rotatable bonds is 6. The molecular formula is C20H21N3O2S2. The van der Waals surface area contributed by atoms with Crippen LogP contribution in [-0.2, 0) is 24.2 Å². The van der Waals surface area contributed by atoms with Gasteiger partial charge in [-0.25, -0.2) is 9.97 Å². The highest BCUT2D eigenvalue weighted by atomic mass is 32.2. The first kappa shape index (κ1) is 18.3. The fraction of sp³-hybridized carbons (Fsp3) is 0.350. The van der Waals surface area contributed by atoms with Gasteiger partial charge in [-0.05, 0) is 49.4 Å². The second-order valence-corrected chi connectivity index (χ2v) is 8.96. The Morgan fingerprint density at radius 3 is 2.89 bits per heavy atom. The van der Waals surface area contributed by atoms with Crippen molar-refractivity contribution in [2.45, 2.75) is 43.0 Å². The van der Waals surface area contributed by atoms with E-state index in [1.807, 2.05) is 31.2 Å². The Labute approximate surface area is 166 Å². The Bertz CT molecular complexity index is 969. The maximum absolute atomic E-state index is 12.6. The minimum absolute atomic E-state index is 0.00875. The number of thiophene rings is 1. The van der Waals surface area contributed by atoms with E-state index >= 15 is 0 Å². The standard InChI is InChI=1S/C20H21N3O2S2/c1-12(18(24)21-10-13-6-8-14(25-2)9-7-13)26-19-17-15-4-3-5-16(15)27-20(17)23-11-22-19/h6-9,11-12H,3-5,10H2,1-2H3,(H,21,24)/t12-/m1/s1. The van der Waals surface area contributed by atoms with E-state index < -0.39 is 0 Å². The number of carbonyl (C=O) groups is 1. The number of aryl methyl sites for hydroxylation is 2. The van der Waals surface area contributed by atoms with Crippen LogP contribution >= 0.6 is 23.1 Å². The quantitative estimate of drug-likeness (QED) is 0.502. The molecule has 1 aromatic carbocycles. The zero-order chi connectivity index (χ0) is 18.8. The zero-order valence-electron chi connectivity index (χ0n) is 15.3. The van der Waals surface area contributed by atoms with Crippen molar-refractivity contribution in [3.63, 3.8) is 0 Å². The van der Waals surface area contributed by atoms with Crippen LogP contribution in [0.2, 0.25) is 0 Å². The van der Waals surface area contributed by atoms with E-state index in [-0.39, 0.29) is 11.2 Å². The Kier molecular flexibility index (Phi) is 5.31. The van der Waals surface area contributed by atoms with Crippen molar-refractivity contribution in [1.82, 2.24) is 15.3 Å². The van der Waals surface area contributed by atoms with Crippen LogP contribution < -0.4 is 10.1 Å². The number of carbonyl (C=O) groups excluding carboxylic acids is 1. The first-order chi connectivity index (χ1) is 13.2. The van der Waals surface area contributed by atoms with E-state index in [2.05, 4.69) is 15.3 Å². The summed E-state index contributed by atoms with van der Waals surface area (Å²) in [6.45, 7) is 2.43. The van der Waals surface area contributed by atoms with Gasteiger partial charge in [0.15, 0.2) is 0 Å². The third kappa shape index (κ3) is 3.80. The predicted molar refractivity (Wildman–Crippen MR) is 110 cm³/mol. The van der Waals surface area contributed by atoms with Crippen LogP contribution in [0.25, 0.3) is 10.2 Å². The molecule has 0 saturated carbocycles. The second-order valence-electron chi connectivity index (χ2n) is 6.54.